The van der Waals surface area contributed by atoms with Gasteiger partial charge < -0.3 is 15.4 Å². The Balaban J connectivity index is 2.03. The van der Waals surface area contributed by atoms with Gasteiger partial charge in [0.15, 0.2) is 5.60 Å². The van der Waals surface area contributed by atoms with Crippen LogP contribution in [0.15, 0.2) is 24.3 Å². The molecule has 21 heavy (non-hydrogen) atoms. The lowest BCUT2D eigenvalue weighted by atomic mass is 10.1. The molecule has 1 aliphatic rings. The number of likely N-dealkylation sites (tertiary alicyclic amines) is 1. The third-order valence-corrected chi connectivity index (χ3v) is 3.83. The van der Waals surface area contributed by atoms with E-state index < -0.39 is 5.60 Å². The molecule has 0 spiro atoms. The summed E-state index contributed by atoms with van der Waals surface area (Å²) in [6.45, 7) is 4.31. The van der Waals surface area contributed by atoms with E-state index >= 15 is 0 Å². The van der Waals surface area contributed by atoms with Crippen LogP contribution in [0.4, 0.5) is 0 Å². The first-order chi connectivity index (χ1) is 9.79. The van der Waals surface area contributed by atoms with E-state index in [0.29, 0.717) is 30.3 Å². The Bertz CT molecular complexity index is 542. The highest BCUT2D eigenvalue weighted by Crippen LogP contribution is 2.25. The molecule has 0 bridgehead atoms. The number of ether oxygens (including phenoxy) is 1. The van der Waals surface area contributed by atoms with Crippen LogP contribution in [-0.4, -0.2) is 35.4 Å². The second-order valence-corrected chi connectivity index (χ2v) is 6.14. The summed E-state index contributed by atoms with van der Waals surface area (Å²) in [5.74, 6) is -0.202. The molecule has 1 aromatic carbocycles. The Morgan fingerprint density at radius 1 is 1.33 bits per heavy atom. The van der Waals surface area contributed by atoms with Crippen molar-refractivity contribution in [3.63, 3.8) is 0 Å². The monoisotopic (exact) mass is 310 g/mol. The number of hydrogen-bond acceptors (Lipinski definition) is 3. The van der Waals surface area contributed by atoms with Gasteiger partial charge in [0, 0.05) is 18.1 Å². The van der Waals surface area contributed by atoms with Crippen LogP contribution in [0.2, 0.25) is 5.02 Å². The highest BCUT2D eigenvalue weighted by Gasteiger charge is 2.38. The summed E-state index contributed by atoms with van der Waals surface area (Å²) in [4.78, 5) is 25.3. The molecule has 0 saturated carbocycles. The van der Waals surface area contributed by atoms with Gasteiger partial charge in [0.2, 0.25) is 5.91 Å². The highest BCUT2D eigenvalue weighted by atomic mass is 35.5. The van der Waals surface area contributed by atoms with Crippen LogP contribution in [0.25, 0.3) is 0 Å². The normalized spacial score (nSPS) is 18.6. The van der Waals surface area contributed by atoms with Crippen molar-refractivity contribution in [1.82, 2.24) is 4.90 Å². The molecule has 1 aliphatic heterocycles. The number of benzene rings is 1. The number of hydrogen-bond donors (Lipinski definition) is 1. The van der Waals surface area contributed by atoms with E-state index in [1.165, 1.54) is 0 Å². The Hall–Kier alpha value is -1.75. The van der Waals surface area contributed by atoms with Crippen molar-refractivity contribution in [3.8, 4) is 5.75 Å². The highest BCUT2D eigenvalue weighted by molar-refractivity contribution is 6.30. The number of halogens is 1. The zero-order valence-corrected chi connectivity index (χ0v) is 12.9. The van der Waals surface area contributed by atoms with Crippen LogP contribution in [-0.2, 0) is 9.59 Å². The molecule has 2 rings (SSSR count). The topological polar surface area (TPSA) is 72.6 Å². The summed E-state index contributed by atoms with van der Waals surface area (Å²) in [5.41, 5.74) is 4.27. The summed E-state index contributed by atoms with van der Waals surface area (Å²) in [6.07, 6.45) is 0.609. The van der Waals surface area contributed by atoms with E-state index in [0.717, 1.165) is 0 Å². The molecule has 2 N–H and O–H groups in total. The molecule has 5 nitrogen and oxygen atoms in total. The van der Waals surface area contributed by atoms with Crippen molar-refractivity contribution in [2.45, 2.75) is 25.9 Å². The van der Waals surface area contributed by atoms with E-state index in [4.69, 9.17) is 22.1 Å². The Labute approximate surface area is 129 Å². The zero-order valence-electron chi connectivity index (χ0n) is 12.1. The molecule has 0 aliphatic carbocycles. The van der Waals surface area contributed by atoms with Gasteiger partial charge in [0.1, 0.15) is 5.75 Å². The fraction of sp³-hybridized carbons (Fsp3) is 0.467. The molecular weight excluding hydrogens is 292 g/mol. The molecule has 0 unspecified atom stereocenters. The Morgan fingerprint density at radius 3 is 2.48 bits per heavy atom. The average molecular weight is 311 g/mol. The average Bonchev–Trinajstić information content (AvgIpc) is 2.90. The van der Waals surface area contributed by atoms with Crippen molar-refractivity contribution in [2.24, 2.45) is 11.7 Å². The quantitative estimate of drug-likeness (QED) is 0.922. The number of primary amides is 1. The fourth-order valence-electron chi connectivity index (χ4n) is 2.40. The minimum Gasteiger partial charge on any atom is -0.478 e. The second kappa shape index (κ2) is 5.93. The van der Waals surface area contributed by atoms with Gasteiger partial charge in [-0.3, -0.25) is 9.59 Å². The predicted octanol–water partition coefficient (Wildman–Crippen LogP) is 1.83. The first-order valence-corrected chi connectivity index (χ1v) is 7.20. The first-order valence-electron chi connectivity index (χ1n) is 6.83. The molecule has 114 valence electrons. The number of rotatable bonds is 4. The lowest BCUT2D eigenvalue weighted by molar-refractivity contribution is -0.144. The van der Waals surface area contributed by atoms with E-state index in [-0.39, 0.29) is 17.7 Å². The van der Waals surface area contributed by atoms with Crippen molar-refractivity contribution >= 4 is 23.4 Å². The lowest BCUT2D eigenvalue weighted by Crippen LogP contribution is -2.48. The lowest BCUT2D eigenvalue weighted by Gasteiger charge is -2.30. The maximum Gasteiger partial charge on any atom is 0.266 e. The zero-order chi connectivity index (χ0) is 15.6. The second-order valence-electron chi connectivity index (χ2n) is 5.71. The van der Waals surface area contributed by atoms with Gasteiger partial charge in [-0.1, -0.05) is 11.6 Å². The molecule has 0 aromatic heterocycles. The molecule has 1 fully saturated rings. The number of nitrogens with two attached hydrogens (primary N) is 1. The van der Waals surface area contributed by atoms with Gasteiger partial charge in [0.05, 0.1) is 5.92 Å². The van der Waals surface area contributed by atoms with Gasteiger partial charge in [-0.15, -0.1) is 0 Å². The third-order valence-electron chi connectivity index (χ3n) is 3.58. The fourth-order valence-corrected chi connectivity index (χ4v) is 2.52. The maximum atomic E-state index is 12.5. The van der Waals surface area contributed by atoms with Crippen molar-refractivity contribution in [3.05, 3.63) is 29.3 Å². The minimum absolute atomic E-state index is 0.152. The summed E-state index contributed by atoms with van der Waals surface area (Å²) in [5, 5.41) is 0.607. The van der Waals surface area contributed by atoms with Crippen molar-refractivity contribution in [1.29, 1.82) is 0 Å². The van der Waals surface area contributed by atoms with Crippen LogP contribution in [0.3, 0.4) is 0 Å². The predicted molar refractivity (Wildman–Crippen MR) is 80.0 cm³/mol. The molecule has 2 amide bonds. The molecule has 1 atom stereocenters. The maximum absolute atomic E-state index is 12.5. The van der Waals surface area contributed by atoms with E-state index in [9.17, 15) is 9.59 Å². The molecule has 1 aromatic rings. The Kier molecular flexibility index (Phi) is 4.42. The number of carbonyl (C=O) groups excluding carboxylic acids is 2. The molecule has 1 saturated heterocycles. The van der Waals surface area contributed by atoms with Gasteiger partial charge in [-0.05, 0) is 44.5 Å². The summed E-state index contributed by atoms with van der Waals surface area (Å²) < 4.78 is 5.76. The number of nitrogens with zero attached hydrogens (tertiary/aromatic N) is 1. The SMILES string of the molecule is CC(C)(Oc1ccc(Cl)cc1)C(=O)N1CC[C@H](C(N)=O)C1. The van der Waals surface area contributed by atoms with Gasteiger partial charge >= 0.3 is 0 Å². The summed E-state index contributed by atoms with van der Waals surface area (Å²) >= 11 is 5.82. The first kappa shape index (κ1) is 15.6. The van der Waals surface area contributed by atoms with Crippen LogP contribution in [0, 0.1) is 5.92 Å². The van der Waals surface area contributed by atoms with Gasteiger partial charge in [-0.25, -0.2) is 0 Å². The summed E-state index contributed by atoms with van der Waals surface area (Å²) in [7, 11) is 0. The van der Waals surface area contributed by atoms with Crippen LogP contribution in [0.5, 0.6) is 5.75 Å². The minimum atomic E-state index is -1.01. The molecule has 0 radical (unpaired) electrons. The van der Waals surface area contributed by atoms with E-state index in [1.54, 1.807) is 43.0 Å². The summed E-state index contributed by atoms with van der Waals surface area (Å²) in [6, 6.07) is 6.84. The van der Waals surface area contributed by atoms with E-state index in [2.05, 4.69) is 0 Å². The largest absolute Gasteiger partial charge is 0.478 e. The van der Waals surface area contributed by atoms with Gasteiger partial charge in [-0.2, -0.15) is 0 Å². The van der Waals surface area contributed by atoms with Crippen LogP contribution in [0.1, 0.15) is 20.3 Å². The smallest absolute Gasteiger partial charge is 0.266 e. The van der Waals surface area contributed by atoms with Crippen LogP contribution >= 0.6 is 11.6 Å². The molecular formula is C15H19ClN2O3. The van der Waals surface area contributed by atoms with Crippen molar-refractivity contribution < 1.29 is 14.3 Å². The standard InChI is InChI=1S/C15H19ClN2O3/c1-15(2,21-12-5-3-11(16)4-6-12)14(20)18-8-7-10(9-18)13(17)19/h3-6,10H,7-9H2,1-2H3,(H2,17,19)/t10-/m0/s1. The Morgan fingerprint density at radius 2 is 1.95 bits per heavy atom. The number of amides is 2. The van der Waals surface area contributed by atoms with Crippen molar-refractivity contribution in [2.75, 3.05) is 13.1 Å². The molecule has 6 heteroatoms. The van der Waals surface area contributed by atoms with E-state index in [1.807, 2.05) is 0 Å². The van der Waals surface area contributed by atoms with Gasteiger partial charge in [0.25, 0.3) is 5.91 Å². The number of carbonyl (C=O) groups is 2. The third kappa shape index (κ3) is 3.67. The molecule has 1 heterocycles. The van der Waals surface area contributed by atoms with Crippen LogP contribution < -0.4 is 10.5 Å².